The number of benzene rings is 1. The molecule has 5 heteroatoms. The van der Waals surface area contributed by atoms with Crippen molar-refractivity contribution in [3.05, 3.63) is 59.0 Å². The number of rotatable bonds is 5. The second-order valence-electron chi connectivity index (χ2n) is 4.98. The third kappa shape index (κ3) is 3.88. The Kier molecular flexibility index (Phi) is 4.73. The van der Waals surface area contributed by atoms with E-state index < -0.39 is 11.7 Å². The van der Waals surface area contributed by atoms with E-state index in [1.165, 1.54) is 12.1 Å². The molecular formula is C16H18F3NO. The van der Waals surface area contributed by atoms with Crippen LogP contribution in [0.4, 0.5) is 13.2 Å². The molecule has 0 aliphatic heterocycles. The first kappa shape index (κ1) is 15.6. The minimum atomic E-state index is -4.32. The molecule has 2 aromatic rings. The van der Waals surface area contributed by atoms with Crippen LogP contribution in [0.5, 0.6) is 0 Å². The second-order valence-corrected chi connectivity index (χ2v) is 4.98. The summed E-state index contributed by atoms with van der Waals surface area (Å²) in [5, 5.41) is 3.26. The average Bonchev–Trinajstić information content (AvgIpc) is 2.84. The molecule has 2 nitrogen and oxygen atoms in total. The van der Waals surface area contributed by atoms with E-state index in [9.17, 15) is 13.2 Å². The minimum Gasteiger partial charge on any atom is -0.467 e. The van der Waals surface area contributed by atoms with Gasteiger partial charge in [0.25, 0.3) is 0 Å². The predicted molar refractivity (Wildman–Crippen MR) is 75.0 cm³/mol. The number of aryl methyl sites for hydroxylation is 1. The number of likely N-dealkylation sites (N-methyl/N-ethyl adjacent to an activating group) is 1. The van der Waals surface area contributed by atoms with Crippen LogP contribution >= 0.6 is 0 Å². The highest BCUT2D eigenvalue weighted by Gasteiger charge is 2.30. The van der Waals surface area contributed by atoms with Gasteiger partial charge in [0, 0.05) is 0 Å². The van der Waals surface area contributed by atoms with Gasteiger partial charge in [-0.1, -0.05) is 25.1 Å². The van der Waals surface area contributed by atoms with E-state index in [-0.39, 0.29) is 6.04 Å². The monoisotopic (exact) mass is 297 g/mol. The van der Waals surface area contributed by atoms with Crippen molar-refractivity contribution in [1.29, 1.82) is 0 Å². The van der Waals surface area contributed by atoms with E-state index in [4.69, 9.17) is 4.42 Å². The van der Waals surface area contributed by atoms with E-state index in [1.54, 1.807) is 12.3 Å². The molecule has 2 rings (SSSR count). The van der Waals surface area contributed by atoms with Gasteiger partial charge in [-0.05, 0) is 43.1 Å². The molecule has 114 valence electrons. The van der Waals surface area contributed by atoms with Gasteiger partial charge >= 0.3 is 6.18 Å². The molecule has 1 atom stereocenters. The molecule has 1 N–H and O–H groups in total. The first-order valence-corrected chi connectivity index (χ1v) is 6.85. The van der Waals surface area contributed by atoms with Crippen molar-refractivity contribution >= 4 is 0 Å². The molecule has 0 bridgehead atoms. The highest BCUT2D eigenvalue weighted by molar-refractivity contribution is 5.28. The van der Waals surface area contributed by atoms with Crippen molar-refractivity contribution in [2.24, 2.45) is 0 Å². The zero-order valence-corrected chi connectivity index (χ0v) is 12.0. The third-order valence-electron chi connectivity index (χ3n) is 3.36. The summed E-state index contributed by atoms with van der Waals surface area (Å²) in [6.07, 6.45) is -2.27. The largest absolute Gasteiger partial charge is 0.467 e. The number of halogens is 3. The molecule has 0 saturated carbocycles. The maximum absolute atomic E-state index is 12.8. The van der Waals surface area contributed by atoms with Crippen LogP contribution in [0, 0.1) is 6.92 Å². The molecule has 0 aliphatic carbocycles. The molecule has 0 saturated heterocycles. The van der Waals surface area contributed by atoms with Crippen molar-refractivity contribution < 1.29 is 17.6 Å². The SMILES string of the molecule is CCNC(Cc1cccc(C(F)(F)F)c1)c1occc1C. The van der Waals surface area contributed by atoms with Crippen LogP contribution in [0.2, 0.25) is 0 Å². The fourth-order valence-electron chi connectivity index (χ4n) is 2.36. The van der Waals surface area contributed by atoms with E-state index in [0.717, 1.165) is 17.4 Å². The van der Waals surface area contributed by atoms with Crippen LogP contribution in [-0.4, -0.2) is 6.54 Å². The van der Waals surface area contributed by atoms with Crippen LogP contribution in [0.3, 0.4) is 0 Å². The molecular weight excluding hydrogens is 279 g/mol. The van der Waals surface area contributed by atoms with E-state index in [0.29, 0.717) is 18.5 Å². The normalized spacial score (nSPS) is 13.4. The fraction of sp³-hybridized carbons (Fsp3) is 0.375. The van der Waals surface area contributed by atoms with Crippen LogP contribution < -0.4 is 5.32 Å². The van der Waals surface area contributed by atoms with E-state index in [2.05, 4.69) is 5.32 Å². The first-order valence-electron chi connectivity index (χ1n) is 6.85. The molecule has 0 fully saturated rings. The highest BCUT2D eigenvalue weighted by atomic mass is 19.4. The Morgan fingerprint density at radius 1 is 1.24 bits per heavy atom. The van der Waals surface area contributed by atoms with Gasteiger partial charge in [0.15, 0.2) is 0 Å². The van der Waals surface area contributed by atoms with Crippen molar-refractivity contribution in [2.45, 2.75) is 32.5 Å². The molecule has 1 aromatic heterocycles. The number of alkyl halides is 3. The van der Waals surface area contributed by atoms with Crippen molar-refractivity contribution in [2.75, 3.05) is 6.54 Å². The minimum absolute atomic E-state index is 0.131. The second kappa shape index (κ2) is 6.35. The Balaban J connectivity index is 2.24. The van der Waals surface area contributed by atoms with Gasteiger partial charge in [0.1, 0.15) is 5.76 Å². The summed E-state index contributed by atoms with van der Waals surface area (Å²) < 4.78 is 43.7. The Labute approximate surface area is 122 Å². The maximum Gasteiger partial charge on any atom is 0.416 e. The summed E-state index contributed by atoms with van der Waals surface area (Å²) in [5.74, 6) is 0.772. The molecule has 1 unspecified atom stereocenters. The van der Waals surface area contributed by atoms with Gasteiger partial charge in [-0.3, -0.25) is 0 Å². The van der Waals surface area contributed by atoms with E-state index in [1.807, 2.05) is 19.9 Å². The predicted octanol–water partition coefficient (Wildman–Crippen LogP) is 4.50. The summed E-state index contributed by atoms with van der Waals surface area (Å²) in [6, 6.07) is 7.15. The number of nitrogens with one attached hydrogen (secondary N) is 1. The van der Waals surface area contributed by atoms with Crippen LogP contribution in [-0.2, 0) is 12.6 Å². The lowest BCUT2D eigenvalue weighted by atomic mass is 10.00. The first-order chi connectivity index (χ1) is 9.91. The van der Waals surface area contributed by atoms with Gasteiger partial charge in [-0.25, -0.2) is 0 Å². The highest BCUT2D eigenvalue weighted by Crippen LogP contribution is 2.31. The summed E-state index contributed by atoms with van der Waals surface area (Å²) in [4.78, 5) is 0. The van der Waals surface area contributed by atoms with Gasteiger partial charge in [-0.15, -0.1) is 0 Å². The lowest BCUT2D eigenvalue weighted by Gasteiger charge is -2.17. The Hall–Kier alpha value is -1.75. The number of furan rings is 1. The fourth-order valence-corrected chi connectivity index (χ4v) is 2.36. The molecule has 1 heterocycles. The quantitative estimate of drug-likeness (QED) is 0.879. The lowest BCUT2D eigenvalue weighted by molar-refractivity contribution is -0.137. The zero-order chi connectivity index (χ0) is 15.5. The topological polar surface area (TPSA) is 25.2 Å². The average molecular weight is 297 g/mol. The third-order valence-corrected chi connectivity index (χ3v) is 3.36. The van der Waals surface area contributed by atoms with Crippen LogP contribution in [0.25, 0.3) is 0 Å². The Morgan fingerprint density at radius 2 is 2.00 bits per heavy atom. The smallest absolute Gasteiger partial charge is 0.416 e. The Morgan fingerprint density at radius 3 is 2.57 bits per heavy atom. The van der Waals surface area contributed by atoms with Gasteiger partial charge < -0.3 is 9.73 Å². The maximum atomic E-state index is 12.8. The van der Waals surface area contributed by atoms with Crippen molar-refractivity contribution in [3.8, 4) is 0 Å². The van der Waals surface area contributed by atoms with Gasteiger partial charge in [0.05, 0.1) is 17.9 Å². The Bertz CT molecular complexity index is 589. The molecule has 0 aliphatic rings. The number of hydrogen-bond acceptors (Lipinski definition) is 2. The summed E-state index contributed by atoms with van der Waals surface area (Å²) in [6.45, 7) is 4.59. The summed E-state index contributed by atoms with van der Waals surface area (Å²) in [7, 11) is 0. The molecule has 21 heavy (non-hydrogen) atoms. The lowest BCUT2D eigenvalue weighted by Crippen LogP contribution is -2.23. The summed E-state index contributed by atoms with van der Waals surface area (Å²) >= 11 is 0. The molecule has 0 radical (unpaired) electrons. The summed E-state index contributed by atoms with van der Waals surface area (Å²) in [5.41, 5.74) is 1.01. The van der Waals surface area contributed by atoms with Crippen LogP contribution in [0.1, 0.15) is 35.4 Å². The van der Waals surface area contributed by atoms with Crippen molar-refractivity contribution in [3.63, 3.8) is 0 Å². The molecule has 0 amide bonds. The van der Waals surface area contributed by atoms with Crippen LogP contribution in [0.15, 0.2) is 41.0 Å². The van der Waals surface area contributed by atoms with Gasteiger partial charge in [-0.2, -0.15) is 13.2 Å². The number of hydrogen-bond donors (Lipinski definition) is 1. The zero-order valence-electron chi connectivity index (χ0n) is 12.0. The molecule has 0 spiro atoms. The van der Waals surface area contributed by atoms with Gasteiger partial charge in [0.2, 0.25) is 0 Å². The molecule has 1 aromatic carbocycles. The van der Waals surface area contributed by atoms with Crippen molar-refractivity contribution in [1.82, 2.24) is 5.32 Å². The standard InChI is InChI=1S/C16H18F3NO/c1-3-20-14(15-11(2)7-8-21-15)10-12-5-4-6-13(9-12)16(17,18)19/h4-9,14,20H,3,10H2,1-2H3. The van der Waals surface area contributed by atoms with E-state index >= 15 is 0 Å².